The summed E-state index contributed by atoms with van der Waals surface area (Å²) >= 11 is 1.43. The molecule has 1 aliphatic carbocycles. The fourth-order valence-corrected chi connectivity index (χ4v) is 3.56. The number of benzene rings is 1. The quantitative estimate of drug-likeness (QED) is 0.864. The Hall–Kier alpha value is -1.75. The molecule has 0 unspecified atom stereocenters. The summed E-state index contributed by atoms with van der Waals surface area (Å²) in [7, 11) is 0. The zero-order chi connectivity index (χ0) is 15.4. The van der Waals surface area contributed by atoms with Gasteiger partial charge in [-0.25, -0.2) is 0 Å². The maximum absolute atomic E-state index is 12.0. The van der Waals surface area contributed by atoms with E-state index in [4.69, 9.17) is 4.74 Å². The fourth-order valence-electron chi connectivity index (χ4n) is 2.67. The molecule has 2 aliphatic rings. The summed E-state index contributed by atoms with van der Waals surface area (Å²) in [4.78, 5) is 17.4. The van der Waals surface area contributed by atoms with Gasteiger partial charge in [0.05, 0.1) is 17.6 Å². The normalized spacial score (nSPS) is 22.5. The van der Waals surface area contributed by atoms with Crippen LogP contribution in [0.3, 0.4) is 0 Å². The van der Waals surface area contributed by atoms with Crippen molar-refractivity contribution in [3.63, 3.8) is 0 Å². The molecule has 1 amide bonds. The molecule has 0 spiro atoms. The zero-order valence-electron chi connectivity index (χ0n) is 12.7. The zero-order valence-corrected chi connectivity index (χ0v) is 13.5. The van der Waals surface area contributed by atoms with Crippen LogP contribution in [0.25, 0.3) is 6.08 Å². The van der Waals surface area contributed by atoms with Crippen LogP contribution in [0, 0.1) is 0 Å². The van der Waals surface area contributed by atoms with E-state index in [2.05, 4.69) is 10.3 Å². The lowest BCUT2D eigenvalue weighted by molar-refractivity contribution is -0.115. The Morgan fingerprint density at radius 3 is 2.73 bits per heavy atom. The average Bonchev–Trinajstić information content (AvgIpc) is 3.12. The number of rotatable bonds is 4. The van der Waals surface area contributed by atoms with E-state index in [1.165, 1.54) is 24.6 Å². The molecular formula is C17H20N2O2S. The Bertz CT molecular complexity index is 602. The van der Waals surface area contributed by atoms with Gasteiger partial charge in [0.2, 0.25) is 0 Å². The Morgan fingerprint density at radius 2 is 2.05 bits per heavy atom. The molecule has 1 heterocycles. The molecule has 1 saturated heterocycles. The van der Waals surface area contributed by atoms with Crippen LogP contribution in [-0.2, 0) is 4.79 Å². The molecule has 0 atom stereocenters. The molecular weight excluding hydrogens is 296 g/mol. The first-order valence-corrected chi connectivity index (χ1v) is 8.58. The lowest BCUT2D eigenvalue weighted by Gasteiger charge is -2.02. The van der Waals surface area contributed by atoms with E-state index in [9.17, 15) is 4.79 Å². The minimum Gasteiger partial charge on any atom is -0.494 e. The number of ether oxygens (including phenoxy) is 1. The summed E-state index contributed by atoms with van der Waals surface area (Å²) in [6.45, 7) is 2.61. The molecule has 4 nitrogen and oxygen atoms in total. The molecule has 1 aromatic carbocycles. The molecule has 116 valence electrons. The smallest absolute Gasteiger partial charge is 0.264 e. The first-order chi connectivity index (χ1) is 10.7. The SMILES string of the molecule is CCOc1ccc(C=C2SC(=NC3CCCC3)NC2=O)cc1. The Labute approximate surface area is 135 Å². The third-order valence-corrected chi connectivity index (χ3v) is 4.69. The van der Waals surface area contributed by atoms with E-state index in [0.29, 0.717) is 17.6 Å². The van der Waals surface area contributed by atoms with Crippen LogP contribution in [0.2, 0.25) is 0 Å². The van der Waals surface area contributed by atoms with Crippen molar-refractivity contribution in [3.8, 4) is 5.75 Å². The molecule has 5 heteroatoms. The number of carbonyl (C=O) groups is 1. The minimum absolute atomic E-state index is 0.0596. The van der Waals surface area contributed by atoms with Crippen molar-refractivity contribution in [1.29, 1.82) is 0 Å². The predicted octanol–water partition coefficient (Wildman–Crippen LogP) is 3.59. The largest absolute Gasteiger partial charge is 0.494 e. The molecule has 1 N–H and O–H groups in total. The molecule has 1 aliphatic heterocycles. The maximum Gasteiger partial charge on any atom is 0.264 e. The van der Waals surface area contributed by atoms with Crippen LogP contribution in [0.15, 0.2) is 34.2 Å². The van der Waals surface area contributed by atoms with E-state index in [1.807, 2.05) is 37.3 Å². The standard InChI is InChI=1S/C17H20N2O2S/c1-2-21-14-9-7-12(8-10-14)11-15-16(20)19-17(22-15)18-13-5-3-4-6-13/h7-11,13H,2-6H2,1H3,(H,18,19,20). The summed E-state index contributed by atoms with van der Waals surface area (Å²) in [5.74, 6) is 0.785. The number of amidine groups is 1. The highest BCUT2D eigenvalue weighted by molar-refractivity contribution is 8.18. The summed E-state index contributed by atoms with van der Waals surface area (Å²) in [5.41, 5.74) is 0.989. The number of hydrogen-bond acceptors (Lipinski definition) is 4. The summed E-state index contributed by atoms with van der Waals surface area (Å²) < 4.78 is 5.42. The van der Waals surface area contributed by atoms with Crippen molar-refractivity contribution < 1.29 is 9.53 Å². The number of aliphatic imine (C=N–C) groups is 1. The van der Waals surface area contributed by atoms with Gasteiger partial charge in [-0.05, 0) is 55.3 Å². The van der Waals surface area contributed by atoms with Gasteiger partial charge >= 0.3 is 0 Å². The van der Waals surface area contributed by atoms with Crippen LogP contribution in [0.1, 0.15) is 38.2 Å². The maximum atomic E-state index is 12.0. The van der Waals surface area contributed by atoms with Gasteiger partial charge in [-0.3, -0.25) is 9.79 Å². The van der Waals surface area contributed by atoms with Crippen LogP contribution in [-0.4, -0.2) is 23.7 Å². The summed E-state index contributed by atoms with van der Waals surface area (Å²) in [6.07, 6.45) is 6.66. The van der Waals surface area contributed by atoms with Crippen molar-refractivity contribution in [2.24, 2.45) is 4.99 Å². The van der Waals surface area contributed by atoms with E-state index >= 15 is 0 Å². The molecule has 0 radical (unpaired) electrons. The Kier molecular flexibility index (Phi) is 4.83. The first kappa shape index (κ1) is 15.2. The van der Waals surface area contributed by atoms with Crippen molar-refractivity contribution in [2.45, 2.75) is 38.6 Å². The molecule has 1 aromatic rings. The third kappa shape index (κ3) is 3.71. The highest BCUT2D eigenvalue weighted by Gasteiger charge is 2.25. The van der Waals surface area contributed by atoms with Crippen LogP contribution in [0.5, 0.6) is 5.75 Å². The first-order valence-electron chi connectivity index (χ1n) is 7.76. The van der Waals surface area contributed by atoms with Crippen LogP contribution < -0.4 is 10.1 Å². The molecule has 3 rings (SSSR count). The summed E-state index contributed by atoms with van der Waals surface area (Å²) in [6, 6.07) is 8.13. The van der Waals surface area contributed by atoms with Gasteiger partial charge in [-0.1, -0.05) is 25.0 Å². The van der Waals surface area contributed by atoms with Crippen molar-refractivity contribution in [1.82, 2.24) is 5.32 Å². The van der Waals surface area contributed by atoms with Gasteiger partial charge < -0.3 is 10.1 Å². The molecule has 2 fully saturated rings. The van der Waals surface area contributed by atoms with Gasteiger partial charge in [0.25, 0.3) is 5.91 Å². The van der Waals surface area contributed by atoms with Gasteiger partial charge in [0.1, 0.15) is 5.75 Å². The second kappa shape index (κ2) is 7.01. The topological polar surface area (TPSA) is 50.7 Å². The van der Waals surface area contributed by atoms with Crippen molar-refractivity contribution in [2.75, 3.05) is 6.61 Å². The number of amides is 1. The van der Waals surface area contributed by atoms with Crippen LogP contribution in [0.4, 0.5) is 0 Å². The average molecular weight is 316 g/mol. The van der Waals surface area contributed by atoms with Gasteiger partial charge in [-0.2, -0.15) is 0 Å². The van der Waals surface area contributed by atoms with Gasteiger partial charge in [-0.15, -0.1) is 0 Å². The van der Waals surface area contributed by atoms with E-state index in [-0.39, 0.29) is 5.91 Å². The monoisotopic (exact) mass is 316 g/mol. The fraction of sp³-hybridized carbons (Fsp3) is 0.412. The number of carbonyl (C=O) groups excluding carboxylic acids is 1. The highest BCUT2D eigenvalue weighted by Crippen LogP contribution is 2.29. The second-order valence-corrected chi connectivity index (χ2v) is 6.47. The number of nitrogens with zero attached hydrogens (tertiary/aromatic N) is 1. The van der Waals surface area contributed by atoms with E-state index in [1.54, 1.807) is 0 Å². The van der Waals surface area contributed by atoms with E-state index in [0.717, 1.165) is 29.3 Å². The molecule has 0 bridgehead atoms. The number of nitrogens with one attached hydrogen (secondary N) is 1. The van der Waals surface area contributed by atoms with Gasteiger partial charge in [0, 0.05) is 0 Å². The molecule has 1 saturated carbocycles. The third-order valence-electron chi connectivity index (χ3n) is 3.76. The van der Waals surface area contributed by atoms with Crippen LogP contribution >= 0.6 is 11.8 Å². The van der Waals surface area contributed by atoms with Crippen molar-refractivity contribution in [3.05, 3.63) is 34.7 Å². The minimum atomic E-state index is -0.0596. The second-order valence-electron chi connectivity index (χ2n) is 5.44. The number of hydrogen-bond donors (Lipinski definition) is 1. The van der Waals surface area contributed by atoms with Gasteiger partial charge in [0.15, 0.2) is 5.17 Å². The molecule has 0 aromatic heterocycles. The lowest BCUT2D eigenvalue weighted by atomic mass is 10.2. The van der Waals surface area contributed by atoms with Crippen molar-refractivity contribution >= 4 is 28.9 Å². The predicted molar refractivity (Wildman–Crippen MR) is 91.0 cm³/mol. The Balaban J connectivity index is 1.69. The molecule has 22 heavy (non-hydrogen) atoms. The summed E-state index contributed by atoms with van der Waals surface area (Å²) in [5, 5.41) is 3.61. The van der Waals surface area contributed by atoms with E-state index < -0.39 is 0 Å². The Morgan fingerprint density at radius 1 is 1.32 bits per heavy atom. The lowest BCUT2D eigenvalue weighted by Crippen LogP contribution is -2.21. The highest BCUT2D eigenvalue weighted by atomic mass is 32.2. The number of thioether (sulfide) groups is 1.